The monoisotopic (exact) mass is 371 g/mol. The topological polar surface area (TPSA) is 66.8 Å². The molecule has 0 radical (unpaired) electrons. The number of carbonyl (C=O) groups is 2. The van der Waals surface area contributed by atoms with Gasteiger partial charge in [0.25, 0.3) is 0 Å². The van der Waals surface area contributed by atoms with E-state index in [1.807, 2.05) is 4.90 Å². The van der Waals surface area contributed by atoms with Crippen molar-refractivity contribution in [2.45, 2.75) is 16.8 Å². The molecule has 1 aliphatic rings. The zero-order chi connectivity index (χ0) is 15.6. The van der Waals surface area contributed by atoms with E-state index in [1.165, 1.54) is 11.3 Å². The van der Waals surface area contributed by atoms with Crippen LogP contribution in [0.4, 0.5) is 0 Å². The molecule has 0 bridgehead atoms. The molecule has 0 aliphatic carbocycles. The number of halogens is 3. The van der Waals surface area contributed by atoms with E-state index in [0.717, 1.165) is 10.4 Å². The molecule has 0 unspecified atom stereocenters. The highest BCUT2D eigenvalue weighted by atomic mass is 35.6. The zero-order valence-corrected chi connectivity index (χ0v) is 13.9. The Morgan fingerprint density at radius 2 is 2.14 bits per heavy atom. The SMILES string of the molecule is O=C(O)CN1CCc2cc(C(=O)OCC(Cl)(Cl)Cl)sc2C1. The van der Waals surface area contributed by atoms with Gasteiger partial charge in [-0.3, -0.25) is 9.69 Å². The van der Waals surface area contributed by atoms with Crippen molar-refractivity contribution in [2.75, 3.05) is 19.7 Å². The summed E-state index contributed by atoms with van der Waals surface area (Å²) in [5, 5.41) is 8.80. The fraction of sp³-hybridized carbons (Fsp3) is 0.500. The van der Waals surface area contributed by atoms with Gasteiger partial charge in [-0.1, -0.05) is 34.8 Å². The lowest BCUT2D eigenvalue weighted by Crippen LogP contribution is -2.33. The number of carboxylic acids is 1. The highest BCUT2D eigenvalue weighted by molar-refractivity contribution is 7.14. The van der Waals surface area contributed by atoms with Gasteiger partial charge in [0.2, 0.25) is 3.79 Å². The second-order valence-electron chi connectivity index (χ2n) is 4.60. The van der Waals surface area contributed by atoms with Crippen molar-refractivity contribution in [1.29, 1.82) is 0 Å². The van der Waals surface area contributed by atoms with Crippen LogP contribution in [0.2, 0.25) is 0 Å². The number of esters is 1. The first kappa shape index (κ1) is 16.8. The smallest absolute Gasteiger partial charge is 0.348 e. The molecule has 5 nitrogen and oxygen atoms in total. The summed E-state index contributed by atoms with van der Waals surface area (Å²) in [6.45, 7) is 0.845. The molecule has 0 saturated heterocycles. The molecular formula is C12H12Cl3NO4S. The third-order valence-electron chi connectivity index (χ3n) is 2.89. The normalized spacial score (nSPS) is 15.6. The number of rotatable bonds is 4. The molecule has 0 spiro atoms. The van der Waals surface area contributed by atoms with Crippen molar-refractivity contribution in [2.24, 2.45) is 0 Å². The number of fused-ring (bicyclic) bond motifs is 1. The molecule has 2 rings (SSSR count). The maximum atomic E-state index is 11.9. The molecule has 0 amide bonds. The Morgan fingerprint density at radius 3 is 2.76 bits per heavy atom. The summed E-state index contributed by atoms with van der Waals surface area (Å²) in [5.74, 6) is -1.40. The molecule has 0 atom stereocenters. The molecule has 1 aliphatic heterocycles. The van der Waals surface area contributed by atoms with Crippen molar-refractivity contribution in [3.8, 4) is 0 Å². The van der Waals surface area contributed by atoms with Gasteiger partial charge in [-0.2, -0.15) is 0 Å². The standard InChI is InChI=1S/C12H12Cl3NO4S/c13-12(14,15)6-20-11(19)8-3-7-1-2-16(5-10(17)18)4-9(7)21-8/h3H,1-2,4-6H2,(H,17,18). The van der Waals surface area contributed by atoms with E-state index in [4.69, 9.17) is 44.6 Å². The number of carboxylic acid groups (broad SMARTS) is 1. The molecular weight excluding hydrogens is 361 g/mol. The third-order valence-corrected chi connectivity index (χ3v) is 4.36. The molecule has 1 aromatic heterocycles. The fourth-order valence-corrected chi connectivity index (χ4v) is 3.33. The molecule has 0 fully saturated rings. The molecule has 116 valence electrons. The Morgan fingerprint density at radius 1 is 1.43 bits per heavy atom. The van der Waals surface area contributed by atoms with Crippen molar-refractivity contribution < 1.29 is 19.4 Å². The average molecular weight is 373 g/mol. The second-order valence-corrected chi connectivity index (χ2v) is 8.26. The van der Waals surface area contributed by atoms with E-state index in [0.29, 0.717) is 24.4 Å². The van der Waals surface area contributed by atoms with Crippen LogP contribution in [0.3, 0.4) is 0 Å². The van der Waals surface area contributed by atoms with Gasteiger partial charge in [0, 0.05) is 18.0 Å². The van der Waals surface area contributed by atoms with Crippen LogP contribution in [0.1, 0.15) is 20.1 Å². The Hall–Kier alpha value is -0.530. The summed E-state index contributed by atoms with van der Waals surface area (Å²) in [5.41, 5.74) is 1.04. The maximum Gasteiger partial charge on any atom is 0.348 e. The summed E-state index contributed by atoms with van der Waals surface area (Å²) in [7, 11) is 0. The van der Waals surface area contributed by atoms with E-state index in [-0.39, 0.29) is 13.2 Å². The van der Waals surface area contributed by atoms with Gasteiger partial charge in [0.05, 0.1) is 6.54 Å². The number of thiophene rings is 1. The molecule has 21 heavy (non-hydrogen) atoms. The van der Waals surface area contributed by atoms with E-state index in [9.17, 15) is 9.59 Å². The minimum Gasteiger partial charge on any atom is -0.480 e. The summed E-state index contributed by atoms with van der Waals surface area (Å²) in [4.78, 5) is 25.8. The van der Waals surface area contributed by atoms with Crippen LogP contribution >= 0.6 is 46.1 Å². The summed E-state index contributed by atoms with van der Waals surface area (Å²) in [6.07, 6.45) is 0.705. The molecule has 9 heteroatoms. The van der Waals surface area contributed by atoms with Crippen LogP contribution in [0, 0.1) is 0 Å². The average Bonchev–Trinajstić information content (AvgIpc) is 2.77. The first-order chi connectivity index (χ1) is 9.74. The number of ether oxygens (including phenoxy) is 1. The molecule has 2 heterocycles. The Bertz CT molecular complexity index is 555. The predicted molar refractivity (Wildman–Crippen MR) is 81.5 cm³/mol. The summed E-state index contributed by atoms with van der Waals surface area (Å²) < 4.78 is 3.30. The van der Waals surface area contributed by atoms with Gasteiger partial charge in [-0.25, -0.2) is 4.79 Å². The lowest BCUT2D eigenvalue weighted by atomic mass is 10.1. The fourth-order valence-electron chi connectivity index (χ4n) is 2.02. The van der Waals surface area contributed by atoms with E-state index in [1.54, 1.807) is 6.07 Å². The zero-order valence-electron chi connectivity index (χ0n) is 10.8. The largest absolute Gasteiger partial charge is 0.480 e. The Kier molecular flexibility index (Phi) is 5.38. The van der Waals surface area contributed by atoms with Crippen molar-refractivity contribution in [3.63, 3.8) is 0 Å². The number of hydrogen-bond acceptors (Lipinski definition) is 5. The quantitative estimate of drug-likeness (QED) is 0.650. The summed E-state index contributed by atoms with van der Waals surface area (Å²) in [6, 6.07) is 1.76. The van der Waals surface area contributed by atoms with Crippen LogP contribution in [0.25, 0.3) is 0 Å². The van der Waals surface area contributed by atoms with Crippen LogP contribution in [-0.4, -0.2) is 45.4 Å². The molecule has 0 saturated carbocycles. The van der Waals surface area contributed by atoms with Crippen molar-refractivity contribution in [3.05, 3.63) is 21.4 Å². The molecule has 1 N–H and O–H groups in total. The van der Waals surface area contributed by atoms with E-state index in [2.05, 4.69) is 0 Å². The molecule has 0 aromatic carbocycles. The Labute approximate surface area is 140 Å². The first-order valence-electron chi connectivity index (χ1n) is 6.04. The summed E-state index contributed by atoms with van der Waals surface area (Å²) >= 11 is 17.9. The highest BCUT2D eigenvalue weighted by Gasteiger charge is 2.26. The number of aliphatic carboxylic acids is 1. The minimum absolute atomic E-state index is 0.00954. The van der Waals surface area contributed by atoms with Gasteiger partial charge in [0.15, 0.2) is 0 Å². The van der Waals surface area contributed by atoms with E-state index < -0.39 is 15.7 Å². The van der Waals surface area contributed by atoms with Gasteiger partial charge >= 0.3 is 11.9 Å². The van der Waals surface area contributed by atoms with Gasteiger partial charge in [0.1, 0.15) is 11.5 Å². The van der Waals surface area contributed by atoms with Crippen LogP contribution in [-0.2, 0) is 22.5 Å². The number of alkyl halides is 3. The predicted octanol–water partition coefficient (Wildman–Crippen LogP) is 2.72. The molecule has 1 aromatic rings. The van der Waals surface area contributed by atoms with Gasteiger partial charge in [-0.15, -0.1) is 11.3 Å². The van der Waals surface area contributed by atoms with Crippen LogP contribution in [0.15, 0.2) is 6.07 Å². The van der Waals surface area contributed by atoms with E-state index >= 15 is 0 Å². The first-order valence-corrected chi connectivity index (χ1v) is 7.99. The maximum absolute atomic E-state index is 11.9. The Balaban J connectivity index is 2.01. The van der Waals surface area contributed by atoms with Crippen LogP contribution < -0.4 is 0 Å². The third kappa shape index (κ3) is 5.00. The lowest BCUT2D eigenvalue weighted by Gasteiger charge is -2.24. The van der Waals surface area contributed by atoms with Gasteiger partial charge in [-0.05, 0) is 18.1 Å². The number of carbonyl (C=O) groups excluding carboxylic acids is 1. The van der Waals surface area contributed by atoms with Gasteiger partial charge < -0.3 is 9.84 Å². The number of nitrogens with zero attached hydrogens (tertiary/aromatic N) is 1. The number of hydrogen-bond donors (Lipinski definition) is 1. The second kappa shape index (κ2) is 6.71. The minimum atomic E-state index is -1.63. The van der Waals surface area contributed by atoms with Crippen molar-refractivity contribution in [1.82, 2.24) is 4.90 Å². The highest BCUT2D eigenvalue weighted by Crippen LogP contribution is 2.30. The van der Waals surface area contributed by atoms with Crippen LogP contribution in [0.5, 0.6) is 0 Å². The lowest BCUT2D eigenvalue weighted by molar-refractivity contribution is -0.138. The van der Waals surface area contributed by atoms with Crippen molar-refractivity contribution >= 4 is 58.1 Å².